The second-order valence-corrected chi connectivity index (χ2v) is 6.60. The van der Waals surface area contributed by atoms with Gasteiger partial charge in [-0.05, 0) is 45.6 Å². The normalized spacial score (nSPS) is 31.6. The fraction of sp³-hybridized carbons (Fsp3) is 0.786. The van der Waals surface area contributed by atoms with E-state index < -0.39 is 0 Å². The lowest BCUT2D eigenvalue weighted by Gasteiger charge is -2.22. The molecule has 2 unspecified atom stereocenters. The van der Waals surface area contributed by atoms with Gasteiger partial charge in [-0.3, -0.25) is 0 Å². The molecule has 18 heavy (non-hydrogen) atoms. The van der Waals surface area contributed by atoms with Crippen LogP contribution in [0.4, 0.5) is 0 Å². The van der Waals surface area contributed by atoms with Gasteiger partial charge in [-0.25, -0.2) is 4.98 Å². The molecule has 0 aromatic carbocycles. The van der Waals surface area contributed by atoms with Crippen LogP contribution in [-0.4, -0.2) is 18.1 Å². The van der Waals surface area contributed by atoms with Crippen LogP contribution in [-0.2, 0) is 16.8 Å². The maximum absolute atomic E-state index is 5.93. The molecule has 1 saturated heterocycles. The van der Waals surface area contributed by atoms with E-state index in [2.05, 4.69) is 19.2 Å². The molecule has 2 atom stereocenters. The number of aryl methyl sites for hydroxylation is 1. The highest BCUT2D eigenvalue weighted by Crippen LogP contribution is 2.42. The van der Waals surface area contributed by atoms with Gasteiger partial charge in [0.25, 0.3) is 0 Å². The van der Waals surface area contributed by atoms with Gasteiger partial charge >= 0.3 is 0 Å². The number of hydrogen-bond acceptors (Lipinski definition) is 4. The molecule has 1 fully saturated rings. The number of ether oxygens (including phenoxy) is 1. The van der Waals surface area contributed by atoms with Crippen molar-refractivity contribution in [3.8, 4) is 0 Å². The number of thiazole rings is 1. The predicted molar refractivity (Wildman–Crippen MR) is 74.0 cm³/mol. The number of nitrogens with one attached hydrogen (secondary N) is 1. The average Bonchev–Trinajstić information content (AvgIpc) is 2.97. The third-order valence-corrected chi connectivity index (χ3v) is 5.45. The molecule has 100 valence electrons. The number of rotatable bonds is 3. The van der Waals surface area contributed by atoms with Gasteiger partial charge in [0.2, 0.25) is 0 Å². The van der Waals surface area contributed by atoms with Crippen molar-refractivity contribution in [3.63, 3.8) is 0 Å². The first-order chi connectivity index (χ1) is 8.73. The SMILES string of the molecule is CCNC1CCCc2sc(C3(C)CCCO3)nc21. The molecular formula is C14H22N2OS. The summed E-state index contributed by atoms with van der Waals surface area (Å²) >= 11 is 1.88. The fourth-order valence-electron chi connectivity index (χ4n) is 3.04. The van der Waals surface area contributed by atoms with Gasteiger partial charge in [0.05, 0.1) is 11.7 Å². The molecule has 2 heterocycles. The highest BCUT2D eigenvalue weighted by atomic mass is 32.1. The van der Waals surface area contributed by atoms with Gasteiger partial charge in [-0.1, -0.05) is 6.92 Å². The summed E-state index contributed by atoms with van der Waals surface area (Å²) in [6.07, 6.45) is 5.99. The molecule has 0 bridgehead atoms. The molecule has 3 rings (SSSR count). The van der Waals surface area contributed by atoms with E-state index in [0.29, 0.717) is 6.04 Å². The van der Waals surface area contributed by atoms with Crippen LogP contribution in [0.1, 0.15) is 61.2 Å². The third kappa shape index (κ3) is 2.10. The van der Waals surface area contributed by atoms with Crippen molar-refractivity contribution in [2.24, 2.45) is 0 Å². The van der Waals surface area contributed by atoms with Crippen LogP contribution >= 0.6 is 11.3 Å². The molecule has 3 nitrogen and oxygen atoms in total. The Morgan fingerprint density at radius 2 is 2.39 bits per heavy atom. The monoisotopic (exact) mass is 266 g/mol. The largest absolute Gasteiger partial charge is 0.368 e. The number of aromatic nitrogens is 1. The fourth-order valence-corrected chi connectivity index (χ4v) is 4.33. The summed E-state index contributed by atoms with van der Waals surface area (Å²) in [6.45, 7) is 6.28. The van der Waals surface area contributed by atoms with Crippen molar-refractivity contribution in [3.05, 3.63) is 15.6 Å². The molecule has 1 aromatic rings. The molecule has 2 aliphatic rings. The number of nitrogens with zero attached hydrogens (tertiary/aromatic N) is 1. The van der Waals surface area contributed by atoms with E-state index in [1.165, 1.54) is 34.8 Å². The van der Waals surface area contributed by atoms with Crippen LogP contribution < -0.4 is 5.32 Å². The molecule has 0 amide bonds. The first kappa shape index (κ1) is 12.6. The standard InChI is InChI=1S/C14H22N2OS/c1-3-15-10-6-4-7-11-12(10)16-13(18-11)14(2)8-5-9-17-14/h10,15H,3-9H2,1-2H3. The Hall–Kier alpha value is -0.450. The lowest BCUT2D eigenvalue weighted by Crippen LogP contribution is -2.25. The second kappa shape index (κ2) is 4.91. The first-order valence-electron chi connectivity index (χ1n) is 7.10. The van der Waals surface area contributed by atoms with Crippen LogP contribution in [0, 0.1) is 0 Å². The van der Waals surface area contributed by atoms with Crippen molar-refractivity contribution in [1.29, 1.82) is 0 Å². The van der Waals surface area contributed by atoms with E-state index in [1.807, 2.05) is 11.3 Å². The summed E-state index contributed by atoms with van der Waals surface area (Å²) < 4.78 is 5.93. The van der Waals surface area contributed by atoms with Crippen LogP contribution in [0.2, 0.25) is 0 Å². The van der Waals surface area contributed by atoms with Crippen molar-refractivity contribution >= 4 is 11.3 Å². The van der Waals surface area contributed by atoms with Crippen LogP contribution in [0.5, 0.6) is 0 Å². The molecule has 0 spiro atoms. The summed E-state index contributed by atoms with van der Waals surface area (Å²) in [5, 5.41) is 4.76. The van der Waals surface area contributed by atoms with Crippen molar-refractivity contribution in [2.45, 2.75) is 57.6 Å². The lowest BCUT2D eigenvalue weighted by atomic mass is 9.97. The Morgan fingerprint density at radius 1 is 1.50 bits per heavy atom. The van der Waals surface area contributed by atoms with Gasteiger partial charge in [0.15, 0.2) is 0 Å². The summed E-state index contributed by atoms with van der Waals surface area (Å²) in [4.78, 5) is 6.42. The minimum atomic E-state index is -0.112. The Balaban J connectivity index is 1.90. The minimum absolute atomic E-state index is 0.112. The van der Waals surface area contributed by atoms with Gasteiger partial charge in [-0.2, -0.15) is 0 Å². The Labute approximate surface area is 113 Å². The summed E-state index contributed by atoms with van der Waals surface area (Å²) in [7, 11) is 0. The van der Waals surface area contributed by atoms with Crippen molar-refractivity contribution in [2.75, 3.05) is 13.2 Å². The smallest absolute Gasteiger partial charge is 0.125 e. The minimum Gasteiger partial charge on any atom is -0.368 e. The summed E-state index contributed by atoms with van der Waals surface area (Å²) in [6, 6.07) is 0.466. The number of hydrogen-bond donors (Lipinski definition) is 1. The van der Waals surface area contributed by atoms with Crippen LogP contribution in [0.15, 0.2) is 0 Å². The van der Waals surface area contributed by atoms with Gasteiger partial charge in [-0.15, -0.1) is 11.3 Å². The molecule has 1 N–H and O–H groups in total. The molecule has 0 saturated carbocycles. The van der Waals surface area contributed by atoms with E-state index in [0.717, 1.165) is 26.0 Å². The average molecular weight is 266 g/mol. The number of fused-ring (bicyclic) bond motifs is 1. The Bertz CT molecular complexity index is 423. The molecule has 4 heteroatoms. The van der Waals surface area contributed by atoms with Crippen molar-refractivity contribution < 1.29 is 4.74 Å². The van der Waals surface area contributed by atoms with E-state index in [1.54, 1.807) is 0 Å². The van der Waals surface area contributed by atoms with Crippen molar-refractivity contribution in [1.82, 2.24) is 10.3 Å². The topological polar surface area (TPSA) is 34.1 Å². The quantitative estimate of drug-likeness (QED) is 0.912. The molecule has 0 radical (unpaired) electrons. The maximum Gasteiger partial charge on any atom is 0.125 e. The zero-order valence-electron chi connectivity index (χ0n) is 11.3. The Kier molecular flexibility index (Phi) is 3.43. The Morgan fingerprint density at radius 3 is 3.11 bits per heavy atom. The van der Waals surface area contributed by atoms with E-state index >= 15 is 0 Å². The van der Waals surface area contributed by atoms with E-state index in [4.69, 9.17) is 9.72 Å². The highest BCUT2D eigenvalue weighted by molar-refractivity contribution is 7.11. The molecular weight excluding hydrogens is 244 g/mol. The molecule has 1 aliphatic heterocycles. The van der Waals surface area contributed by atoms with Gasteiger partial charge < -0.3 is 10.1 Å². The lowest BCUT2D eigenvalue weighted by molar-refractivity contribution is 0.0165. The zero-order chi connectivity index (χ0) is 12.6. The maximum atomic E-state index is 5.93. The zero-order valence-corrected chi connectivity index (χ0v) is 12.1. The molecule has 1 aromatic heterocycles. The van der Waals surface area contributed by atoms with E-state index in [-0.39, 0.29) is 5.60 Å². The van der Waals surface area contributed by atoms with Gasteiger partial charge in [0.1, 0.15) is 10.6 Å². The predicted octanol–water partition coefficient (Wildman–Crippen LogP) is 3.16. The molecule has 1 aliphatic carbocycles. The second-order valence-electron chi connectivity index (χ2n) is 5.51. The van der Waals surface area contributed by atoms with Gasteiger partial charge in [0, 0.05) is 11.5 Å². The first-order valence-corrected chi connectivity index (χ1v) is 7.92. The van der Waals surface area contributed by atoms with E-state index in [9.17, 15) is 0 Å². The third-order valence-electron chi connectivity index (χ3n) is 4.08. The highest BCUT2D eigenvalue weighted by Gasteiger charge is 2.37. The van der Waals surface area contributed by atoms with Crippen LogP contribution in [0.3, 0.4) is 0 Å². The van der Waals surface area contributed by atoms with Crippen LogP contribution in [0.25, 0.3) is 0 Å². The summed E-state index contributed by atoms with van der Waals surface area (Å²) in [5.41, 5.74) is 1.19. The summed E-state index contributed by atoms with van der Waals surface area (Å²) in [5.74, 6) is 0.